The van der Waals surface area contributed by atoms with Gasteiger partial charge in [-0.3, -0.25) is 4.79 Å². The van der Waals surface area contributed by atoms with E-state index in [1.54, 1.807) is 12.1 Å². The van der Waals surface area contributed by atoms with Crippen LogP contribution in [-0.4, -0.2) is 24.0 Å². The first kappa shape index (κ1) is 17.6. The third-order valence-electron chi connectivity index (χ3n) is 3.32. The van der Waals surface area contributed by atoms with Gasteiger partial charge >= 0.3 is 6.03 Å². The van der Waals surface area contributed by atoms with Gasteiger partial charge in [0.2, 0.25) is 5.91 Å². The molecule has 0 spiro atoms. The fourth-order valence-corrected chi connectivity index (χ4v) is 3.23. The first-order chi connectivity index (χ1) is 12.4. The van der Waals surface area contributed by atoms with Crippen molar-refractivity contribution in [2.45, 2.75) is 6.92 Å². The maximum absolute atomic E-state index is 12.9. The number of carbonyl (C=O) groups is 2. The fourth-order valence-electron chi connectivity index (χ4n) is 2.26. The number of nitrogens with zero attached hydrogens (tertiary/aromatic N) is 1. The summed E-state index contributed by atoms with van der Waals surface area (Å²) >= 11 is 1.27. The molecule has 3 amide bonds. The van der Waals surface area contributed by atoms with E-state index in [0.717, 1.165) is 4.70 Å². The first-order valence-electron chi connectivity index (χ1n) is 7.54. The van der Waals surface area contributed by atoms with Crippen molar-refractivity contribution in [3.8, 4) is 5.75 Å². The van der Waals surface area contributed by atoms with Crippen LogP contribution in [0.25, 0.3) is 10.2 Å². The highest BCUT2D eigenvalue weighted by molar-refractivity contribution is 7.22. The molecular weight excluding hydrogens is 359 g/mol. The third-order valence-corrected chi connectivity index (χ3v) is 4.24. The molecule has 0 aliphatic rings. The van der Waals surface area contributed by atoms with Gasteiger partial charge in [-0.25, -0.2) is 14.2 Å². The fraction of sp³-hybridized carbons (Fsp3) is 0.118. The molecule has 9 heteroatoms. The number of rotatable bonds is 4. The Labute approximate surface area is 152 Å². The van der Waals surface area contributed by atoms with Crippen LogP contribution in [0.15, 0.2) is 36.4 Å². The minimum Gasteiger partial charge on any atom is -0.494 e. The SMILES string of the molecule is COc1cc(NC(=O)Nc2ccc(F)cc2)cc2sc(NC(C)=O)nc12. The van der Waals surface area contributed by atoms with Crippen LogP contribution < -0.4 is 20.7 Å². The number of nitrogens with one attached hydrogen (secondary N) is 3. The number of amides is 3. The summed E-state index contributed by atoms with van der Waals surface area (Å²) in [5, 5.41) is 8.37. The lowest BCUT2D eigenvalue weighted by Crippen LogP contribution is -2.19. The minimum absolute atomic E-state index is 0.222. The molecule has 0 aliphatic carbocycles. The van der Waals surface area contributed by atoms with Gasteiger partial charge in [-0.05, 0) is 30.3 Å². The Balaban J connectivity index is 1.81. The van der Waals surface area contributed by atoms with Gasteiger partial charge in [-0.15, -0.1) is 0 Å². The molecule has 134 valence electrons. The van der Waals surface area contributed by atoms with Crippen LogP contribution in [-0.2, 0) is 4.79 Å². The van der Waals surface area contributed by atoms with E-state index >= 15 is 0 Å². The topological polar surface area (TPSA) is 92.4 Å². The summed E-state index contributed by atoms with van der Waals surface area (Å²) in [4.78, 5) is 27.6. The average molecular weight is 374 g/mol. The highest BCUT2D eigenvalue weighted by atomic mass is 32.1. The van der Waals surface area contributed by atoms with Crippen molar-refractivity contribution in [3.05, 3.63) is 42.2 Å². The van der Waals surface area contributed by atoms with Crippen LogP contribution in [0.3, 0.4) is 0 Å². The number of carbonyl (C=O) groups excluding carboxylic acids is 2. The molecule has 7 nitrogen and oxygen atoms in total. The van der Waals surface area contributed by atoms with Gasteiger partial charge in [0, 0.05) is 24.4 Å². The summed E-state index contributed by atoms with van der Waals surface area (Å²) in [6, 6.07) is 8.31. The molecule has 0 bridgehead atoms. The van der Waals surface area contributed by atoms with Crippen LogP contribution in [0.4, 0.5) is 25.7 Å². The Morgan fingerprint density at radius 2 is 1.77 bits per heavy atom. The van der Waals surface area contributed by atoms with Gasteiger partial charge in [0.1, 0.15) is 17.1 Å². The number of fused-ring (bicyclic) bond motifs is 1. The van der Waals surface area contributed by atoms with Crippen molar-refractivity contribution in [2.24, 2.45) is 0 Å². The molecule has 0 radical (unpaired) electrons. The minimum atomic E-state index is -0.482. The van der Waals surface area contributed by atoms with Crippen molar-refractivity contribution in [1.82, 2.24) is 4.98 Å². The molecule has 3 N–H and O–H groups in total. The molecule has 0 saturated heterocycles. The van der Waals surface area contributed by atoms with Crippen LogP contribution in [0.5, 0.6) is 5.75 Å². The quantitative estimate of drug-likeness (QED) is 0.642. The van der Waals surface area contributed by atoms with Gasteiger partial charge in [0.05, 0.1) is 11.8 Å². The van der Waals surface area contributed by atoms with E-state index in [-0.39, 0.29) is 11.7 Å². The predicted molar refractivity (Wildman–Crippen MR) is 99.5 cm³/mol. The summed E-state index contributed by atoms with van der Waals surface area (Å²) in [6.45, 7) is 1.40. The highest BCUT2D eigenvalue weighted by Crippen LogP contribution is 2.35. The number of thiazole rings is 1. The maximum Gasteiger partial charge on any atom is 0.323 e. The standard InChI is InChI=1S/C17H15FN4O3S/c1-9(23)19-17-22-15-13(25-2)7-12(8-14(15)26-17)21-16(24)20-11-5-3-10(18)4-6-11/h3-8H,1-2H3,(H,19,22,23)(H2,20,21,24). The van der Waals surface area contributed by atoms with Crippen LogP contribution >= 0.6 is 11.3 Å². The third kappa shape index (κ3) is 4.06. The van der Waals surface area contributed by atoms with Crippen molar-refractivity contribution < 1.29 is 18.7 Å². The smallest absolute Gasteiger partial charge is 0.323 e. The molecule has 3 rings (SSSR count). The summed E-state index contributed by atoms with van der Waals surface area (Å²) in [7, 11) is 1.49. The number of urea groups is 1. The molecule has 26 heavy (non-hydrogen) atoms. The number of ether oxygens (including phenoxy) is 1. The Kier molecular flexibility index (Phi) is 4.99. The zero-order chi connectivity index (χ0) is 18.7. The van der Waals surface area contributed by atoms with E-state index in [9.17, 15) is 14.0 Å². The van der Waals surface area contributed by atoms with Gasteiger partial charge in [-0.2, -0.15) is 0 Å². The average Bonchev–Trinajstić information content (AvgIpc) is 2.97. The zero-order valence-electron chi connectivity index (χ0n) is 13.9. The summed E-state index contributed by atoms with van der Waals surface area (Å²) in [5.74, 6) is -0.140. The Bertz CT molecular complexity index is 972. The number of hydrogen-bond acceptors (Lipinski definition) is 5. The lowest BCUT2D eigenvalue weighted by Gasteiger charge is -2.09. The molecular formula is C17H15FN4O3S. The second-order valence-corrected chi connectivity index (χ2v) is 6.34. The second-order valence-electron chi connectivity index (χ2n) is 5.31. The van der Waals surface area contributed by atoms with E-state index in [4.69, 9.17) is 4.74 Å². The molecule has 1 heterocycles. The summed E-state index contributed by atoms with van der Waals surface area (Å²) in [5.41, 5.74) is 1.54. The number of benzene rings is 2. The second kappa shape index (κ2) is 7.36. The van der Waals surface area contributed by atoms with Gasteiger partial charge < -0.3 is 20.7 Å². The van der Waals surface area contributed by atoms with Crippen molar-refractivity contribution in [2.75, 3.05) is 23.1 Å². The molecule has 1 aromatic heterocycles. The molecule has 0 saturated carbocycles. The Morgan fingerprint density at radius 3 is 2.42 bits per heavy atom. The summed E-state index contributed by atoms with van der Waals surface area (Å²) < 4.78 is 19.0. The molecule has 0 aliphatic heterocycles. The molecule has 0 atom stereocenters. The lowest BCUT2D eigenvalue weighted by atomic mass is 10.2. The molecule has 3 aromatic rings. The largest absolute Gasteiger partial charge is 0.494 e. The van der Waals surface area contributed by atoms with Gasteiger partial charge in [0.25, 0.3) is 0 Å². The maximum atomic E-state index is 12.9. The Morgan fingerprint density at radius 1 is 1.08 bits per heavy atom. The van der Waals surface area contributed by atoms with Crippen LogP contribution in [0.2, 0.25) is 0 Å². The molecule has 0 fully saturated rings. The normalized spacial score (nSPS) is 10.4. The van der Waals surface area contributed by atoms with Crippen molar-refractivity contribution >= 4 is 50.0 Å². The summed E-state index contributed by atoms with van der Waals surface area (Å²) in [6.07, 6.45) is 0. The van der Waals surface area contributed by atoms with E-state index < -0.39 is 6.03 Å². The van der Waals surface area contributed by atoms with Crippen molar-refractivity contribution in [3.63, 3.8) is 0 Å². The lowest BCUT2D eigenvalue weighted by molar-refractivity contribution is -0.114. The van der Waals surface area contributed by atoms with Crippen LogP contribution in [0, 0.1) is 5.82 Å². The monoisotopic (exact) mass is 374 g/mol. The zero-order valence-corrected chi connectivity index (χ0v) is 14.7. The van der Waals surface area contributed by atoms with Gasteiger partial charge in [0.15, 0.2) is 5.13 Å². The van der Waals surface area contributed by atoms with Crippen molar-refractivity contribution in [1.29, 1.82) is 0 Å². The highest BCUT2D eigenvalue weighted by Gasteiger charge is 2.13. The van der Waals surface area contributed by atoms with Gasteiger partial charge in [-0.1, -0.05) is 11.3 Å². The van der Waals surface area contributed by atoms with E-state index in [0.29, 0.717) is 27.8 Å². The Hall–Kier alpha value is -3.20. The number of hydrogen-bond donors (Lipinski definition) is 3. The predicted octanol–water partition coefficient (Wildman–Crippen LogP) is 4.05. The van der Waals surface area contributed by atoms with E-state index in [1.807, 2.05) is 0 Å². The van der Waals surface area contributed by atoms with E-state index in [2.05, 4.69) is 20.9 Å². The van der Waals surface area contributed by atoms with E-state index in [1.165, 1.54) is 49.6 Å². The molecule has 0 unspecified atom stereocenters. The molecule has 2 aromatic carbocycles. The number of halogens is 1. The number of methoxy groups -OCH3 is 1. The number of aromatic nitrogens is 1. The van der Waals surface area contributed by atoms with Crippen LogP contribution in [0.1, 0.15) is 6.92 Å². The first-order valence-corrected chi connectivity index (χ1v) is 8.36. The number of anilines is 3.